The molecule has 0 aliphatic heterocycles. The molecule has 7 heteroatoms. The van der Waals surface area contributed by atoms with E-state index >= 15 is 0 Å². The lowest BCUT2D eigenvalue weighted by Crippen LogP contribution is -2.31. The Hall–Kier alpha value is -1.27. The fraction of sp³-hybridized carbons (Fsp3) is 0.357. The van der Waals surface area contributed by atoms with Crippen LogP contribution in [0.15, 0.2) is 24.4 Å². The van der Waals surface area contributed by atoms with Gasteiger partial charge in [0.25, 0.3) is 0 Å². The van der Waals surface area contributed by atoms with Gasteiger partial charge in [-0.3, -0.25) is 10.5 Å². The second-order valence-electron chi connectivity index (χ2n) is 4.56. The summed E-state index contributed by atoms with van der Waals surface area (Å²) in [5.41, 5.74) is 4.28. The predicted octanol–water partition coefficient (Wildman–Crippen LogP) is 3.16. The smallest absolute Gasteiger partial charge is 0.161 e. The van der Waals surface area contributed by atoms with Gasteiger partial charge in [-0.05, 0) is 18.6 Å². The largest absolute Gasteiger partial charge is 0.493 e. The third-order valence-electron chi connectivity index (χ3n) is 3.23. The van der Waals surface area contributed by atoms with Crippen LogP contribution in [0.3, 0.4) is 0 Å². The molecule has 2 rings (SSSR count). The van der Waals surface area contributed by atoms with Crippen LogP contribution in [-0.4, -0.2) is 16.9 Å². The molecule has 114 valence electrons. The van der Waals surface area contributed by atoms with Gasteiger partial charge in [-0.1, -0.05) is 36.2 Å². The Labute approximate surface area is 134 Å². The molecule has 1 aromatic carbocycles. The van der Waals surface area contributed by atoms with Gasteiger partial charge in [0.1, 0.15) is 5.69 Å². The molecule has 0 aliphatic rings. The molecule has 2 aromatic rings. The monoisotopic (exact) mass is 328 g/mol. The SMILES string of the molecule is CCCn1ncc(OC)c1C(NN)c1c(Cl)cccc1Cl. The molecule has 0 amide bonds. The summed E-state index contributed by atoms with van der Waals surface area (Å²) in [5.74, 6) is 6.40. The number of halogens is 2. The van der Waals surface area contributed by atoms with E-state index in [4.69, 9.17) is 33.8 Å². The maximum absolute atomic E-state index is 6.29. The van der Waals surface area contributed by atoms with Gasteiger partial charge in [0.2, 0.25) is 0 Å². The minimum Gasteiger partial charge on any atom is -0.493 e. The topological polar surface area (TPSA) is 65.1 Å². The first-order valence-electron chi connectivity index (χ1n) is 6.63. The Morgan fingerprint density at radius 1 is 1.38 bits per heavy atom. The van der Waals surface area contributed by atoms with Gasteiger partial charge in [0.05, 0.1) is 19.3 Å². The number of hydrogen-bond donors (Lipinski definition) is 2. The number of nitrogens with zero attached hydrogens (tertiary/aromatic N) is 2. The summed E-state index contributed by atoms with van der Waals surface area (Å²) in [6.45, 7) is 2.82. The molecule has 0 saturated heterocycles. The van der Waals surface area contributed by atoms with Crippen LogP contribution in [0, 0.1) is 0 Å². The number of nitrogens with one attached hydrogen (secondary N) is 1. The molecule has 0 saturated carbocycles. The van der Waals surface area contributed by atoms with Gasteiger partial charge in [0.15, 0.2) is 5.75 Å². The average Bonchev–Trinajstić information content (AvgIpc) is 2.86. The number of hydrogen-bond acceptors (Lipinski definition) is 4. The van der Waals surface area contributed by atoms with Crippen molar-refractivity contribution in [2.45, 2.75) is 25.9 Å². The van der Waals surface area contributed by atoms with E-state index in [0.717, 1.165) is 18.7 Å². The lowest BCUT2D eigenvalue weighted by Gasteiger charge is -2.21. The van der Waals surface area contributed by atoms with Crippen molar-refractivity contribution in [3.8, 4) is 5.75 Å². The second kappa shape index (κ2) is 7.13. The summed E-state index contributed by atoms with van der Waals surface area (Å²) in [6.07, 6.45) is 2.60. The molecular weight excluding hydrogens is 311 g/mol. The van der Waals surface area contributed by atoms with Crippen LogP contribution in [-0.2, 0) is 6.54 Å². The molecule has 0 bridgehead atoms. The van der Waals surface area contributed by atoms with Gasteiger partial charge < -0.3 is 4.74 Å². The number of aryl methyl sites for hydroxylation is 1. The van der Waals surface area contributed by atoms with E-state index in [1.165, 1.54) is 0 Å². The number of benzene rings is 1. The Morgan fingerprint density at radius 2 is 2.05 bits per heavy atom. The van der Waals surface area contributed by atoms with Gasteiger partial charge in [-0.15, -0.1) is 0 Å². The highest BCUT2D eigenvalue weighted by atomic mass is 35.5. The predicted molar refractivity (Wildman–Crippen MR) is 84.7 cm³/mol. The Kier molecular flexibility index (Phi) is 5.47. The zero-order valence-corrected chi connectivity index (χ0v) is 13.4. The van der Waals surface area contributed by atoms with Gasteiger partial charge in [-0.2, -0.15) is 5.10 Å². The maximum atomic E-state index is 6.29. The van der Waals surface area contributed by atoms with E-state index in [0.29, 0.717) is 21.4 Å². The summed E-state index contributed by atoms with van der Waals surface area (Å²) in [7, 11) is 1.60. The highest BCUT2D eigenvalue weighted by molar-refractivity contribution is 6.36. The summed E-state index contributed by atoms with van der Waals surface area (Å²) in [6, 6.07) is 4.94. The first-order valence-corrected chi connectivity index (χ1v) is 7.39. The van der Waals surface area contributed by atoms with Crippen molar-refractivity contribution in [3.05, 3.63) is 45.7 Å². The summed E-state index contributed by atoms with van der Waals surface area (Å²) < 4.78 is 7.24. The summed E-state index contributed by atoms with van der Waals surface area (Å²) >= 11 is 12.6. The average molecular weight is 329 g/mol. The van der Waals surface area contributed by atoms with Crippen molar-refractivity contribution in [3.63, 3.8) is 0 Å². The molecule has 0 radical (unpaired) electrons. The van der Waals surface area contributed by atoms with Crippen LogP contribution in [0.5, 0.6) is 5.75 Å². The maximum Gasteiger partial charge on any atom is 0.161 e. The van der Waals surface area contributed by atoms with E-state index in [9.17, 15) is 0 Å². The van der Waals surface area contributed by atoms with Crippen LogP contribution in [0.2, 0.25) is 10.0 Å². The van der Waals surface area contributed by atoms with E-state index in [1.807, 2.05) is 4.68 Å². The lowest BCUT2D eigenvalue weighted by atomic mass is 10.0. The number of rotatable bonds is 6. The fourth-order valence-electron chi connectivity index (χ4n) is 2.30. The molecule has 21 heavy (non-hydrogen) atoms. The van der Waals surface area contributed by atoms with E-state index < -0.39 is 6.04 Å². The second-order valence-corrected chi connectivity index (χ2v) is 5.37. The molecular formula is C14H18Cl2N4O. The third-order valence-corrected chi connectivity index (χ3v) is 3.89. The van der Waals surface area contributed by atoms with Crippen molar-refractivity contribution in [1.29, 1.82) is 0 Å². The highest BCUT2D eigenvalue weighted by Gasteiger charge is 2.26. The molecule has 0 aliphatic carbocycles. The van der Waals surface area contributed by atoms with E-state index in [-0.39, 0.29) is 0 Å². The number of hydrazine groups is 1. The van der Waals surface area contributed by atoms with Crippen LogP contribution in [0.1, 0.15) is 30.6 Å². The molecule has 1 unspecified atom stereocenters. The van der Waals surface area contributed by atoms with Crippen LogP contribution in [0.25, 0.3) is 0 Å². The van der Waals surface area contributed by atoms with Gasteiger partial charge in [-0.25, -0.2) is 5.43 Å². The highest BCUT2D eigenvalue weighted by Crippen LogP contribution is 2.37. The normalized spacial score (nSPS) is 12.4. The lowest BCUT2D eigenvalue weighted by molar-refractivity contribution is 0.398. The summed E-state index contributed by atoms with van der Waals surface area (Å²) in [5, 5.41) is 5.42. The van der Waals surface area contributed by atoms with E-state index in [2.05, 4.69) is 17.4 Å². The number of ether oxygens (including phenoxy) is 1. The summed E-state index contributed by atoms with van der Waals surface area (Å²) in [4.78, 5) is 0. The van der Waals surface area contributed by atoms with Gasteiger partial charge in [0, 0.05) is 22.2 Å². The Bertz CT molecular complexity index is 595. The fourth-order valence-corrected chi connectivity index (χ4v) is 2.92. The number of nitrogens with two attached hydrogens (primary N) is 1. The molecule has 1 aromatic heterocycles. The first-order chi connectivity index (χ1) is 10.1. The molecule has 1 heterocycles. The first kappa shape index (κ1) is 16.1. The van der Waals surface area contributed by atoms with Crippen molar-refractivity contribution < 1.29 is 4.74 Å². The zero-order valence-electron chi connectivity index (χ0n) is 11.9. The van der Waals surface area contributed by atoms with Crippen molar-refractivity contribution in [2.75, 3.05) is 7.11 Å². The van der Waals surface area contributed by atoms with Crippen molar-refractivity contribution in [1.82, 2.24) is 15.2 Å². The molecule has 3 N–H and O–H groups in total. The Morgan fingerprint density at radius 3 is 2.57 bits per heavy atom. The molecule has 0 fully saturated rings. The molecule has 5 nitrogen and oxygen atoms in total. The minimum absolute atomic E-state index is 0.407. The van der Waals surface area contributed by atoms with Crippen LogP contribution in [0.4, 0.5) is 0 Å². The standard InChI is InChI=1S/C14H18Cl2N4O/c1-3-7-20-14(11(21-2)8-18-20)13(19-17)12-9(15)5-4-6-10(12)16/h4-6,8,13,19H,3,7,17H2,1-2H3. The van der Waals surface area contributed by atoms with Crippen molar-refractivity contribution >= 4 is 23.2 Å². The molecule has 1 atom stereocenters. The quantitative estimate of drug-likeness (QED) is 0.631. The number of methoxy groups -OCH3 is 1. The minimum atomic E-state index is -0.407. The Balaban J connectivity index is 2.58. The number of aromatic nitrogens is 2. The van der Waals surface area contributed by atoms with E-state index in [1.54, 1.807) is 31.5 Å². The van der Waals surface area contributed by atoms with Gasteiger partial charge >= 0.3 is 0 Å². The third kappa shape index (κ3) is 3.16. The van der Waals surface area contributed by atoms with Crippen LogP contribution >= 0.6 is 23.2 Å². The molecule has 0 spiro atoms. The van der Waals surface area contributed by atoms with Crippen molar-refractivity contribution in [2.24, 2.45) is 5.84 Å². The van der Waals surface area contributed by atoms with Crippen LogP contribution < -0.4 is 16.0 Å². The zero-order chi connectivity index (χ0) is 15.4.